The van der Waals surface area contributed by atoms with Crippen molar-refractivity contribution in [3.63, 3.8) is 0 Å². The number of nitrogens with one attached hydrogen (secondary N) is 1. The molecule has 0 aromatic heterocycles. The molecule has 0 radical (unpaired) electrons. The highest BCUT2D eigenvalue weighted by Crippen LogP contribution is 2.28. The number of aliphatic hydroxyl groups excluding tert-OH is 1. The Labute approximate surface area is 122 Å². The zero-order valence-corrected chi connectivity index (χ0v) is 12.0. The first kappa shape index (κ1) is 15.7. The Bertz CT molecular complexity index is 495. The normalized spacial score (nSPS) is 14.7. The van der Waals surface area contributed by atoms with Crippen LogP contribution in [0.4, 0.5) is 14.5 Å². The van der Waals surface area contributed by atoms with Gasteiger partial charge in [0, 0.05) is 31.8 Å². The van der Waals surface area contributed by atoms with Crippen LogP contribution in [0.15, 0.2) is 12.1 Å². The molecule has 0 atom stereocenters. The molecule has 1 aromatic carbocycles. The lowest BCUT2D eigenvalue weighted by Crippen LogP contribution is -2.45. The molecule has 0 unspecified atom stereocenters. The highest BCUT2D eigenvalue weighted by molar-refractivity contribution is 5.95. The smallest absolute Gasteiger partial charge is 0.254 e. The summed E-state index contributed by atoms with van der Waals surface area (Å²) in [4.78, 5) is 14.1. The fourth-order valence-corrected chi connectivity index (χ4v) is 2.49. The lowest BCUT2D eigenvalue weighted by Gasteiger charge is -2.37. The van der Waals surface area contributed by atoms with Gasteiger partial charge in [0.1, 0.15) is 17.3 Å². The monoisotopic (exact) mass is 298 g/mol. The van der Waals surface area contributed by atoms with Gasteiger partial charge < -0.3 is 15.3 Å². The van der Waals surface area contributed by atoms with E-state index in [1.54, 1.807) is 4.90 Å². The number of hydrogen-bond acceptors (Lipinski definition) is 3. The predicted octanol–water partition coefficient (Wildman–Crippen LogP) is 2.38. The molecular weight excluding hydrogens is 278 g/mol. The van der Waals surface area contributed by atoms with Gasteiger partial charge >= 0.3 is 0 Å². The quantitative estimate of drug-likeness (QED) is 0.848. The molecule has 1 saturated carbocycles. The summed E-state index contributed by atoms with van der Waals surface area (Å²) in [6.07, 6.45) is 3.31. The summed E-state index contributed by atoms with van der Waals surface area (Å²) in [6, 6.07) is 2.23. The van der Waals surface area contributed by atoms with Crippen LogP contribution in [-0.4, -0.2) is 42.2 Å². The van der Waals surface area contributed by atoms with Crippen molar-refractivity contribution in [3.8, 4) is 0 Å². The van der Waals surface area contributed by atoms with Crippen LogP contribution in [0.2, 0.25) is 0 Å². The number of nitrogens with zero attached hydrogens (tertiary/aromatic N) is 1. The molecule has 1 aliphatic carbocycles. The number of amides is 1. The molecule has 0 aliphatic heterocycles. The van der Waals surface area contributed by atoms with E-state index in [0.717, 1.165) is 31.4 Å². The van der Waals surface area contributed by atoms with E-state index >= 15 is 0 Å². The number of hydrogen-bond donors (Lipinski definition) is 2. The van der Waals surface area contributed by atoms with Crippen molar-refractivity contribution in [2.75, 3.05) is 25.5 Å². The van der Waals surface area contributed by atoms with Crippen LogP contribution in [0.3, 0.4) is 0 Å². The number of carbonyl (C=O) groups excluding carboxylic acids is 1. The van der Waals surface area contributed by atoms with Gasteiger partial charge in [-0.1, -0.05) is 0 Å². The molecule has 4 nitrogen and oxygen atoms in total. The summed E-state index contributed by atoms with van der Waals surface area (Å²) >= 11 is 0. The molecule has 0 heterocycles. The second-order valence-electron chi connectivity index (χ2n) is 5.23. The minimum Gasteiger partial charge on any atom is -0.396 e. The maximum atomic E-state index is 13.8. The topological polar surface area (TPSA) is 52.6 Å². The van der Waals surface area contributed by atoms with Gasteiger partial charge in [-0.15, -0.1) is 0 Å². The minimum absolute atomic E-state index is 0.00818. The van der Waals surface area contributed by atoms with Crippen LogP contribution in [0.25, 0.3) is 0 Å². The molecule has 21 heavy (non-hydrogen) atoms. The first-order valence-electron chi connectivity index (χ1n) is 7.17. The van der Waals surface area contributed by atoms with E-state index in [1.165, 1.54) is 7.05 Å². The van der Waals surface area contributed by atoms with Crippen LogP contribution >= 0.6 is 0 Å². The molecule has 1 aliphatic rings. The van der Waals surface area contributed by atoms with Gasteiger partial charge in [0.05, 0.1) is 0 Å². The van der Waals surface area contributed by atoms with Gasteiger partial charge in [-0.25, -0.2) is 8.78 Å². The molecule has 0 bridgehead atoms. The van der Waals surface area contributed by atoms with E-state index in [1.807, 2.05) is 0 Å². The SMILES string of the molecule is CNc1c(F)cc(C(=O)N(CCCO)C2CCC2)cc1F. The summed E-state index contributed by atoms with van der Waals surface area (Å²) in [5.41, 5.74) is -0.231. The lowest BCUT2D eigenvalue weighted by atomic mass is 9.90. The van der Waals surface area contributed by atoms with Gasteiger partial charge in [0.25, 0.3) is 5.91 Å². The molecule has 1 fully saturated rings. The lowest BCUT2D eigenvalue weighted by molar-refractivity contribution is 0.0561. The van der Waals surface area contributed by atoms with Gasteiger partial charge in [0.15, 0.2) is 0 Å². The third-order valence-electron chi connectivity index (χ3n) is 3.87. The largest absolute Gasteiger partial charge is 0.396 e. The molecule has 116 valence electrons. The Morgan fingerprint density at radius 1 is 1.38 bits per heavy atom. The number of rotatable bonds is 6. The van der Waals surface area contributed by atoms with Crippen molar-refractivity contribution >= 4 is 11.6 Å². The summed E-state index contributed by atoms with van der Waals surface area (Å²) in [5, 5.41) is 11.4. The van der Waals surface area contributed by atoms with E-state index in [9.17, 15) is 13.6 Å². The second kappa shape index (κ2) is 6.85. The van der Waals surface area contributed by atoms with Gasteiger partial charge in [-0.3, -0.25) is 4.79 Å². The molecule has 1 amide bonds. The van der Waals surface area contributed by atoms with Crippen LogP contribution < -0.4 is 5.32 Å². The first-order valence-corrected chi connectivity index (χ1v) is 7.17. The van der Waals surface area contributed by atoms with Crippen molar-refractivity contribution in [1.29, 1.82) is 0 Å². The highest BCUT2D eigenvalue weighted by atomic mass is 19.1. The predicted molar refractivity (Wildman–Crippen MR) is 76.3 cm³/mol. The Morgan fingerprint density at radius 3 is 2.43 bits per heavy atom. The summed E-state index contributed by atoms with van der Waals surface area (Å²) in [7, 11) is 1.42. The standard InChI is InChI=1S/C15H20F2N2O2/c1-18-14-12(16)8-10(9-13(14)17)15(21)19(6-3-7-20)11-4-2-5-11/h8-9,11,18,20H,2-7H2,1H3. The summed E-state index contributed by atoms with van der Waals surface area (Å²) in [6.45, 7) is 0.384. The average Bonchev–Trinajstić information content (AvgIpc) is 2.40. The van der Waals surface area contributed by atoms with E-state index in [4.69, 9.17) is 5.11 Å². The fraction of sp³-hybridized carbons (Fsp3) is 0.533. The molecule has 2 rings (SSSR count). The van der Waals surface area contributed by atoms with Crippen molar-refractivity contribution in [3.05, 3.63) is 29.3 Å². The Balaban J connectivity index is 2.23. The molecule has 6 heteroatoms. The number of carbonyl (C=O) groups is 1. The van der Waals surface area contributed by atoms with E-state index in [2.05, 4.69) is 5.32 Å². The van der Waals surface area contributed by atoms with Crippen molar-refractivity contribution in [1.82, 2.24) is 4.90 Å². The number of halogens is 2. The van der Waals surface area contributed by atoms with Gasteiger partial charge in [-0.05, 0) is 37.8 Å². The zero-order valence-electron chi connectivity index (χ0n) is 12.0. The number of anilines is 1. The van der Waals surface area contributed by atoms with E-state index < -0.39 is 11.6 Å². The summed E-state index contributed by atoms with van der Waals surface area (Å²) < 4.78 is 27.5. The summed E-state index contributed by atoms with van der Waals surface area (Å²) in [5.74, 6) is -1.94. The number of benzene rings is 1. The van der Waals surface area contributed by atoms with Crippen LogP contribution in [0.1, 0.15) is 36.0 Å². The van der Waals surface area contributed by atoms with Crippen LogP contribution in [-0.2, 0) is 0 Å². The number of aliphatic hydroxyl groups is 1. The first-order chi connectivity index (χ1) is 10.1. The fourth-order valence-electron chi connectivity index (χ4n) is 2.49. The van der Waals surface area contributed by atoms with Gasteiger partial charge in [0.2, 0.25) is 0 Å². The van der Waals surface area contributed by atoms with Crippen molar-refractivity contribution < 1.29 is 18.7 Å². The molecule has 2 N–H and O–H groups in total. The van der Waals surface area contributed by atoms with E-state index in [0.29, 0.717) is 13.0 Å². The maximum Gasteiger partial charge on any atom is 0.254 e. The third kappa shape index (κ3) is 3.32. The minimum atomic E-state index is -0.781. The van der Waals surface area contributed by atoms with Crippen LogP contribution in [0.5, 0.6) is 0 Å². The molecular formula is C15H20F2N2O2. The average molecular weight is 298 g/mol. The van der Waals surface area contributed by atoms with Gasteiger partial charge in [-0.2, -0.15) is 0 Å². The highest BCUT2D eigenvalue weighted by Gasteiger charge is 2.29. The molecule has 1 aromatic rings. The molecule has 0 saturated heterocycles. The maximum absolute atomic E-state index is 13.8. The second-order valence-corrected chi connectivity index (χ2v) is 5.23. The zero-order chi connectivity index (χ0) is 15.4. The third-order valence-corrected chi connectivity index (χ3v) is 3.87. The molecule has 0 spiro atoms. The van der Waals surface area contributed by atoms with Crippen LogP contribution in [0, 0.1) is 11.6 Å². The Hall–Kier alpha value is -1.69. The van der Waals surface area contributed by atoms with Crippen molar-refractivity contribution in [2.24, 2.45) is 0 Å². The van der Waals surface area contributed by atoms with E-state index in [-0.39, 0.29) is 29.8 Å². The Morgan fingerprint density at radius 2 is 2.00 bits per heavy atom. The van der Waals surface area contributed by atoms with Crippen molar-refractivity contribution in [2.45, 2.75) is 31.7 Å². The Kier molecular flexibility index (Phi) is 5.12.